The molecule has 0 aliphatic heterocycles. The molecule has 0 amide bonds. The first-order valence-corrected chi connectivity index (χ1v) is 9.84. The van der Waals surface area contributed by atoms with Crippen LogP contribution >= 0.6 is 0 Å². The monoisotopic (exact) mass is 339 g/mol. The maximum absolute atomic E-state index is 11.9. The third-order valence-electron chi connectivity index (χ3n) is 4.25. The fourth-order valence-corrected chi connectivity index (χ4v) is 4.27. The van der Waals surface area contributed by atoms with Crippen LogP contribution < -0.4 is 4.72 Å². The number of rotatable bonds is 9. The van der Waals surface area contributed by atoms with E-state index in [1.165, 1.54) is 5.56 Å². The van der Waals surface area contributed by atoms with Crippen LogP contribution in [0.2, 0.25) is 0 Å². The van der Waals surface area contributed by atoms with E-state index < -0.39 is 16.0 Å². The fourth-order valence-electron chi connectivity index (χ4n) is 3.05. The molecule has 0 spiro atoms. The Balaban J connectivity index is 1.86. The van der Waals surface area contributed by atoms with Crippen LogP contribution in [0.3, 0.4) is 0 Å². The molecule has 6 heteroatoms. The van der Waals surface area contributed by atoms with Crippen molar-refractivity contribution in [3.8, 4) is 0 Å². The normalized spacial score (nSPS) is 17.2. The quantitative estimate of drug-likeness (QED) is 0.675. The zero-order chi connectivity index (χ0) is 16.9. The topological polar surface area (TPSA) is 83.5 Å². The predicted molar refractivity (Wildman–Crippen MR) is 90.0 cm³/mol. The van der Waals surface area contributed by atoms with Crippen molar-refractivity contribution < 1.29 is 18.3 Å². The molecule has 1 atom stereocenters. The van der Waals surface area contributed by atoms with Gasteiger partial charge in [-0.25, -0.2) is 13.1 Å². The molecule has 0 aromatic heterocycles. The van der Waals surface area contributed by atoms with E-state index in [2.05, 4.69) is 11.6 Å². The molecule has 0 saturated heterocycles. The summed E-state index contributed by atoms with van der Waals surface area (Å²) in [5, 5.41) is 8.85. The maximum atomic E-state index is 11.9. The summed E-state index contributed by atoms with van der Waals surface area (Å²) < 4.78 is 26.6. The lowest BCUT2D eigenvalue weighted by Crippen LogP contribution is -2.31. The molecular weight excluding hydrogens is 314 g/mol. The lowest BCUT2D eigenvalue weighted by molar-refractivity contribution is -0.136. The van der Waals surface area contributed by atoms with Crippen LogP contribution in [-0.2, 0) is 34.1 Å². The number of sulfonamides is 1. The number of hydrogen-bond acceptors (Lipinski definition) is 3. The number of carboxylic acid groups (broad SMARTS) is 1. The van der Waals surface area contributed by atoms with Crippen LogP contribution in [0.25, 0.3) is 0 Å². The highest BCUT2D eigenvalue weighted by Gasteiger charge is 2.23. The molecular formula is C17H25NO4S. The molecule has 0 saturated carbocycles. The van der Waals surface area contributed by atoms with Crippen LogP contribution in [0.15, 0.2) is 18.2 Å². The first-order valence-electron chi connectivity index (χ1n) is 8.19. The summed E-state index contributed by atoms with van der Waals surface area (Å²) >= 11 is 0. The Hall–Kier alpha value is -1.40. The minimum absolute atomic E-state index is 0.0298. The third kappa shape index (κ3) is 5.62. The molecule has 128 valence electrons. The third-order valence-corrected chi connectivity index (χ3v) is 5.68. The van der Waals surface area contributed by atoms with Gasteiger partial charge in [-0.15, -0.1) is 0 Å². The summed E-state index contributed by atoms with van der Waals surface area (Å²) in [4.78, 5) is 10.8. The number of nitrogens with one attached hydrogen (secondary N) is 1. The van der Waals surface area contributed by atoms with E-state index >= 15 is 0 Å². The second-order valence-corrected chi connectivity index (χ2v) is 8.25. The SMILES string of the molecule is CCCCCS(=O)(=O)NCC1Cc2ccc(CC(=O)O)cc2C1. The molecule has 0 heterocycles. The highest BCUT2D eigenvalue weighted by molar-refractivity contribution is 7.89. The fraction of sp³-hybridized carbons (Fsp3) is 0.588. The van der Waals surface area contributed by atoms with Crippen molar-refractivity contribution in [2.45, 2.75) is 45.4 Å². The minimum Gasteiger partial charge on any atom is -0.481 e. The molecule has 5 nitrogen and oxygen atoms in total. The Morgan fingerprint density at radius 2 is 2.00 bits per heavy atom. The number of carbonyl (C=O) groups is 1. The molecule has 23 heavy (non-hydrogen) atoms. The first kappa shape index (κ1) is 17.9. The predicted octanol–water partition coefficient (Wildman–Crippen LogP) is 2.14. The van der Waals surface area contributed by atoms with E-state index in [0.29, 0.717) is 13.0 Å². The largest absolute Gasteiger partial charge is 0.481 e. The Morgan fingerprint density at radius 1 is 1.26 bits per heavy atom. The van der Waals surface area contributed by atoms with Crippen LogP contribution in [0, 0.1) is 5.92 Å². The van der Waals surface area contributed by atoms with Crippen molar-refractivity contribution in [2.75, 3.05) is 12.3 Å². The van der Waals surface area contributed by atoms with E-state index in [1.54, 1.807) is 0 Å². The molecule has 0 fully saturated rings. The zero-order valence-corrected chi connectivity index (χ0v) is 14.4. The molecule has 2 rings (SSSR count). The standard InChI is InChI=1S/C17H25NO4S/c1-2-3-4-7-23(21,22)18-12-14-9-15-6-5-13(11-17(19)20)8-16(15)10-14/h5-6,8,14,18H,2-4,7,9-12H2,1H3,(H,19,20). The highest BCUT2D eigenvalue weighted by atomic mass is 32.2. The summed E-state index contributed by atoms with van der Waals surface area (Å²) in [6, 6.07) is 5.77. The van der Waals surface area contributed by atoms with Gasteiger partial charge in [-0.05, 0) is 41.9 Å². The average Bonchev–Trinajstić information content (AvgIpc) is 2.87. The maximum Gasteiger partial charge on any atom is 0.307 e. The molecule has 1 aliphatic rings. The van der Waals surface area contributed by atoms with E-state index in [4.69, 9.17) is 5.11 Å². The summed E-state index contributed by atoms with van der Waals surface area (Å²) in [5.74, 6) is -0.381. The van der Waals surface area contributed by atoms with Crippen molar-refractivity contribution in [1.82, 2.24) is 4.72 Å². The second kappa shape index (κ2) is 7.93. The van der Waals surface area contributed by atoms with Gasteiger partial charge < -0.3 is 5.11 Å². The number of benzene rings is 1. The molecule has 1 unspecified atom stereocenters. The van der Waals surface area contributed by atoms with Gasteiger partial charge >= 0.3 is 5.97 Å². The Bertz CT molecular complexity index is 655. The lowest BCUT2D eigenvalue weighted by atomic mass is 10.0. The van der Waals surface area contributed by atoms with Crippen molar-refractivity contribution in [1.29, 1.82) is 0 Å². The van der Waals surface area contributed by atoms with Gasteiger partial charge in [0.1, 0.15) is 0 Å². The van der Waals surface area contributed by atoms with Crippen molar-refractivity contribution in [3.63, 3.8) is 0 Å². The summed E-state index contributed by atoms with van der Waals surface area (Å²) in [6.45, 7) is 2.51. The van der Waals surface area contributed by atoms with Crippen LogP contribution in [0.1, 0.15) is 42.9 Å². The zero-order valence-electron chi connectivity index (χ0n) is 13.5. The van der Waals surface area contributed by atoms with E-state index in [1.807, 2.05) is 18.2 Å². The number of fused-ring (bicyclic) bond motifs is 1. The van der Waals surface area contributed by atoms with Gasteiger partial charge in [0.05, 0.1) is 12.2 Å². The second-order valence-electron chi connectivity index (χ2n) is 6.32. The number of hydrogen-bond donors (Lipinski definition) is 2. The Labute approximate surface area is 138 Å². The number of aliphatic carboxylic acids is 1. The average molecular weight is 339 g/mol. The Kier molecular flexibility index (Phi) is 6.18. The van der Waals surface area contributed by atoms with Crippen molar-refractivity contribution in [2.24, 2.45) is 5.92 Å². The van der Waals surface area contributed by atoms with Gasteiger partial charge in [0, 0.05) is 6.54 Å². The van der Waals surface area contributed by atoms with E-state index in [0.717, 1.165) is 36.8 Å². The number of unbranched alkanes of at least 4 members (excludes halogenated alkanes) is 2. The summed E-state index contributed by atoms with van der Waals surface area (Å²) in [7, 11) is -3.18. The Morgan fingerprint density at radius 3 is 2.70 bits per heavy atom. The summed E-state index contributed by atoms with van der Waals surface area (Å²) in [6.07, 6.45) is 4.33. The van der Waals surface area contributed by atoms with Gasteiger partial charge in [-0.1, -0.05) is 38.0 Å². The van der Waals surface area contributed by atoms with Gasteiger partial charge in [0.15, 0.2) is 0 Å². The van der Waals surface area contributed by atoms with E-state index in [-0.39, 0.29) is 18.1 Å². The van der Waals surface area contributed by atoms with Crippen molar-refractivity contribution >= 4 is 16.0 Å². The smallest absolute Gasteiger partial charge is 0.307 e. The van der Waals surface area contributed by atoms with Crippen LogP contribution in [-0.4, -0.2) is 31.8 Å². The van der Waals surface area contributed by atoms with Gasteiger partial charge in [0.25, 0.3) is 0 Å². The molecule has 0 radical (unpaired) electrons. The number of carboxylic acids is 1. The first-order chi connectivity index (χ1) is 10.9. The van der Waals surface area contributed by atoms with Gasteiger partial charge in [0.2, 0.25) is 10.0 Å². The van der Waals surface area contributed by atoms with Gasteiger partial charge in [-0.3, -0.25) is 4.79 Å². The lowest BCUT2D eigenvalue weighted by Gasteiger charge is -2.11. The molecule has 1 aromatic rings. The van der Waals surface area contributed by atoms with Crippen LogP contribution in [0.4, 0.5) is 0 Å². The van der Waals surface area contributed by atoms with E-state index in [9.17, 15) is 13.2 Å². The molecule has 1 aromatic carbocycles. The van der Waals surface area contributed by atoms with Crippen molar-refractivity contribution in [3.05, 3.63) is 34.9 Å². The van der Waals surface area contributed by atoms with Gasteiger partial charge in [-0.2, -0.15) is 0 Å². The molecule has 2 N–H and O–H groups in total. The molecule has 1 aliphatic carbocycles. The molecule has 0 bridgehead atoms. The highest BCUT2D eigenvalue weighted by Crippen LogP contribution is 2.27. The minimum atomic E-state index is -3.18. The van der Waals surface area contributed by atoms with Crippen LogP contribution in [0.5, 0.6) is 0 Å². The summed E-state index contributed by atoms with van der Waals surface area (Å²) in [5.41, 5.74) is 3.16.